The first-order valence-electron chi connectivity index (χ1n) is 7.22. The molecule has 1 amide bonds. The lowest BCUT2D eigenvalue weighted by molar-refractivity contribution is 0.0299. The lowest BCUT2D eigenvalue weighted by Gasteiger charge is -2.22. The largest absolute Gasteiger partial charge is 0.399 e. The molecule has 0 heterocycles. The number of rotatable bonds is 5. The maximum atomic E-state index is 12.1. The number of hydrogen-bond acceptors (Lipinski definition) is 3. The molecule has 0 aliphatic heterocycles. The fraction of sp³-hybridized carbons (Fsp3) is 0.533. The van der Waals surface area contributed by atoms with E-state index in [1.54, 1.807) is 0 Å². The minimum absolute atomic E-state index is 0.219. The van der Waals surface area contributed by atoms with E-state index in [1.165, 1.54) is 31.4 Å². The molecule has 2 rings (SSSR count). The molecule has 1 aromatic carbocycles. The van der Waals surface area contributed by atoms with Gasteiger partial charge in [-0.15, -0.1) is 0 Å². The third kappa shape index (κ3) is 4.77. The zero-order valence-corrected chi connectivity index (χ0v) is 13.3. The Balaban J connectivity index is 1.79. The van der Waals surface area contributed by atoms with Crippen LogP contribution >= 0.6 is 23.2 Å². The maximum Gasteiger partial charge on any atom is 0.253 e. The molecule has 0 bridgehead atoms. The minimum atomic E-state index is -0.290. The minimum Gasteiger partial charge on any atom is -0.399 e. The normalized spacial score (nSPS) is 15.9. The predicted octanol–water partition coefficient (Wildman–Crippen LogP) is 3.65. The zero-order valence-electron chi connectivity index (χ0n) is 11.8. The molecule has 6 heteroatoms. The fourth-order valence-corrected chi connectivity index (χ4v) is 2.92. The van der Waals surface area contributed by atoms with Gasteiger partial charge in [0.2, 0.25) is 0 Å². The van der Waals surface area contributed by atoms with Crippen LogP contribution in [0.4, 0.5) is 5.69 Å². The highest BCUT2D eigenvalue weighted by molar-refractivity contribution is 6.44. The molecule has 0 unspecified atom stereocenters. The van der Waals surface area contributed by atoms with E-state index in [4.69, 9.17) is 33.7 Å². The van der Waals surface area contributed by atoms with Gasteiger partial charge < -0.3 is 15.8 Å². The van der Waals surface area contributed by atoms with Crippen molar-refractivity contribution in [3.05, 3.63) is 27.7 Å². The number of ether oxygens (including phenoxy) is 1. The van der Waals surface area contributed by atoms with E-state index >= 15 is 0 Å². The Morgan fingerprint density at radius 2 is 2.00 bits per heavy atom. The Labute approximate surface area is 134 Å². The molecule has 21 heavy (non-hydrogen) atoms. The molecular weight excluding hydrogens is 311 g/mol. The average Bonchev–Trinajstić information content (AvgIpc) is 2.48. The van der Waals surface area contributed by atoms with E-state index in [0.29, 0.717) is 30.5 Å². The summed E-state index contributed by atoms with van der Waals surface area (Å²) < 4.78 is 5.75. The third-order valence-corrected chi connectivity index (χ3v) is 4.39. The third-order valence-electron chi connectivity index (χ3n) is 3.59. The number of nitrogens with one attached hydrogen (secondary N) is 1. The Morgan fingerprint density at radius 1 is 1.29 bits per heavy atom. The molecule has 0 aromatic heterocycles. The number of nitrogen functional groups attached to an aromatic ring is 1. The summed E-state index contributed by atoms with van der Waals surface area (Å²) in [4.78, 5) is 12.1. The number of hydrogen-bond donors (Lipinski definition) is 2. The summed E-state index contributed by atoms with van der Waals surface area (Å²) in [7, 11) is 0. The summed E-state index contributed by atoms with van der Waals surface area (Å²) in [6, 6.07) is 3.04. The van der Waals surface area contributed by atoms with Crippen molar-refractivity contribution in [3.8, 4) is 0 Å². The van der Waals surface area contributed by atoms with Gasteiger partial charge in [0.25, 0.3) is 5.91 Å². The molecule has 1 aliphatic rings. The van der Waals surface area contributed by atoms with Gasteiger partial charge in [-0.3, -0.25) is 4.79 Å². The van der Waals surface area contributed by atoms with Crippen LogP contribution in [0.3, 0.4) is 0 Å². The standard InChI is InChI=1S/C15H20Cl2N2O2/c16-13-9-10(18)8-12(14(13)17)15(20)19-6-7-21-11-4-2-1-3-5-11/h8-9,11H,1-7,18H2,(H,19,20). The molecule has 0 atom stereocenters. The highest BCUT2D eigenvalue weighted by atomic mass is 35.5. The monoisotopic (exact) mass is 330 g/mol. The van der Waals surface area contributed by atoms with Crippen LogP contribution in [0.25, 0.3) is 0 Å². The van der Waals surface area contributed by atoms with Gasteiger partial charge in [0, 0.05) is 12.2 Å². The van der Waals surface area contributed by atoms with Gasteiger partial charge in [-0.25, -0.2) is 0 Å². The van der Waals surface area contributed by atoms with Crippen molar-refractivity contribution in [1.29, 1.82) is 0 Å². The van der Waals surface area contributed by atoms with Crippen LogP contribution < -0.4 is 11.1 Å². The summed E-state index contributed by atoms with van der Waals surface area (Å²) >= 11 is 11.9. The van der Waals surface area contributed by atoms with Gasteiger partial charge >= 0.3 is 0 Å². The average molecular weight is 331 g/mol. The van der Waals surface area contributed by atoms with Gasteiger partial charge in [-0.2, -0.15) is 0 Å². The van der Waals surface area contributed by atoms with Crippen molar-refractivity contribution in [2.75, 3.05) is 18.9 Å². The van der Waals surface area contributed by atoms with E-state index in [-0.39, 0.29) is 16.0 Å². The number of anilines is 1. The topological polar surface area (TPSA) is 64.4 Å². The molecular formula is C15H20Cl2N2O2. The van der Waals surface area contributed by atoms with Crippen LogP contribution in [-0.4, -0.2) is 25.2 Å². The first-order chi connectivity index (χ1) is 10.1. The molecule has 3 N–H and O–H groups in total. The van der Waals surface area contributed by atoms with E-state index < -0.39 is 0 Å². The van der Waals surface area contributed by atoms with Crippen molar-refractivity contribution in [1.82, 2.24) is 5.32 Å². The van der Waals surface area contributed by atoms with Crippen molar-refractivity contribution in [2.45, 2.75) is 38.2 Å². The van der Waals surface area contributed by atoms with Gasteiger partial charge in [0.1, 0.15) is 0 Å². The van der Waals surface area contributed by atoms with E-state index in [0.717, 1.165) is 12.8 Å². The second-order valence-electron chi connectivity index (χ2n) is 5.25. The predicted molar refractivity (Wildman–Crippen MR) is 86.0 cm³/mol. The van der Waals surface area contributed by atoms with Crippen LogP contribution in [0.15, 0.2) is 12.1 Å². The number of benzene rings is 1. The highest BCUT2D eigenvalue weighted by Gasteiger charge is 2.15. The number of nitrogens with two attached hydrogens (primary N) is 1. The number of carbonyl (C=O) groups is 1. The first-order valence-corrected chi connectivity index (χ1v) is 7.98. The smallest absolute Gasteiger partial charge is 0.253 e. The van der Waals surface area contributed by atoms with Crippen LogP contribution in [0, 0.1) is 0 Å². The van der Waals surface area contributed by atoms with Crippen molar-refractivity contribution in [3.63, 3.8) is 0 Å². The molecule has 1 aromatic rings. The first kappa shape index (κ1) is 16.4. The summed E-state index contributed by atoms with van der Waals surface area (Å²) in [5.41, 5.74) is 6.37. The molecule has 0 saturated heterocycles. The van der Waals surface area contributed by atoms with Crippen LogP contribution in [0.2, 0.25) is 10.0 Å². The van der Waals surface area contributed by atoms with Gasteiger partial charge in [-0.1, -0.05) is 42.5 Å². The molecule has 1 aliphatic carbocycles. The van der Waals surface area contributed by atoms with Crippen LogP contribution in [0.5, 0.6) is 0 Å². The molecule has 0 radical (unpaired) electrons. The fourth-order valence-electron chi connectivity index (χ4n) is 2.49. The van der Waals surface area contributed by atoms with Crippen molar-refractivity contribution >= 4 is 34.8 Å². The summed E-state index contributed by atoms with van der Waals surface area (Å²) in [6.07, 6.45) is 6.32. The molecule has 1 saturated carbocycles. The molecule has 116 valence electrons. The Morgan fingerprint density at radius 3 is 2.71 bits per heavy atom. The molecule has 0 spiro atoms. The lowest BCUT2D eigenvalue weighted by Crippen LogP contribution is -2.29. The zero-order chi connectivity index (χ0) is 15.2. The highest BCUT2D eigenvalue weighted by Crippen LogP contribution is 2.28. The summed E-state index contributed by atoms with van der Waals surface area (Å²) in [6.45, 7) is 0.947. The van der Waals surface area contributed by atoms with Crippen LogP contribution in [-0.2, 0) is 4.74 Å². The van der Waals surface area contributed by atoms with Crippen molar-refractivity contribution in [2.24, 2.45) is 0 Å². The Hall–Kier alpha value is -0.970. The number of halogens is 2. The van der Waals surface area contributed by atoms with Gasteiger partial charge in [-0.05, 0) is 25.0 Å². The second kappa shape index (κ2) is 7.87. The quantitative estimate of drug-likeness (QED) is 0.639. The Kier molecular flexibility index (Phi) is 6.15. The second-order valence-corrected chi connectivity index (χ2v) is 6.04. The van der Waals surface area contributed by atoms with E-state index in [2.05, 4.69) is 5.32 Å². The maximum absolute atomic E-state index is 12.1. The summed E-state index contributed by atoms with van der Waals surface area (Å²) in [5.74, 6) is -0.290. The van der Waals surface area contributed by atoms with Gasteiger partial charge in [0.15, 0.2) is 0 Å². The number of carbonyl (C=O) groups excluding carboxylic acids is 1. The van der Waals surface area contributed by atoms with Crippen LogP contribution in [0.1, 0.15) is 42.5 Å². The lowest BCUT2D eigenvalue weighted by atomic mass is 9.98. The molecule has 1 fully saturated rings. The van der Waals surface area contributed by atoms with Gasteiger partial charge in [0.05, 0.1) is 28.3 Å². The summed E-state index contributed by atoms with van der Waals surface area (Å²) in [5, 5.41) is 3.27. The van der Waals surface area contributed by atoms with E-state index in [1.807, 2.05) is 0 Å². The molecule has 4 nitrogen and oxygen atoms in total. The van der Waals surface area contributed by atoms with E-state index in [9.17, 15) is 4.79 Å². The SMILES string of the molecule is Nc1cc(Cl)c(Cl)c(C(=O)NCCOC2CCCCC2)c1. The van der Waals surface area contributed by atoms with Crippen molar-refractivity contribution < 1.29 is 9.53 Å². The number of amides is 1. The Bertz CT molecular complexity index is 503.